The molecule has 2 aliphatic rings. The molecule has 1 N–H and O–H groups in total. The van der Waals surface area contributed by atoms with Crippen LogP contribution in [-0.4, -0.2) is 36.4 Å². The Labute approximate surface area is 159 Å². The Bertz CT molecular complexity index is 815. The van der Waals surface area contributed by atoms with Gasteiger partial charge in [-0.3, -0.25) is 9.69 Å². The van der Waals surface area contributed by atoms with Crippen molar-refractivity contribution >= 4 is 27.5 Å². The number of alkyl halides is 1. The maximum Gasteiger partial charge on any atom is 0.241 e. The fourth-order valence-corrected chi connectivity index (χ4v) is 3.65. The molecule has 0 unspecified atom stereocenters. The number of para-hydroxylation sites is 1. The lowest BCUT2D eigenvalue weighted by molar-refractivity contribution is -0.120. The van der Waals surface area contributed by atoms with Crippen molar-refractivity contribution in [1.82, 2.24) is 4.90 Å². The number of nitrogens with zero attached hydrogens (tertiary/aromatic N) is 1. The summed E-state index contributed by atoms with van der Waals surface area (Å²) in [6.07, 6.45) is -0.834. The molecule has 0 spiro atoms. The first-order valence-electron chi connectivity index (χ1n) is 8.42. The zero-order valence-corrected chi connectivity index (χ0v) is 15.5. The molecule has 2 aliphatic heterocycles. The van der Waals surface area contributed by atoms with Gasteiger partial charge in [-0.05, 0) is 30.3 Å². The van der Waals surface area contributed by atoms with E-state index < -0.39 is 12.2 Å². The van der Waals surface area contributed by atoms with E-state index in [9.17, 15) is 9.18 Å². The smallest absolute Gasteiger partial charge is 0.241 e. The number of fused-ring (bicyclic) bond motifs is 1. The number of likely N-dealkylation sites (tertiary alicyclic amines) is 1. The fourth-order valence-electron chi connectivity index (χ4n) is 3.39. The highest BCUT2D eigenvalue weighted by atomic mass is 79.9. The van der Waals surface area contributed by atoms with Gasteiger partial charge in [0.25, 0.3) is 0 Å². The second-order valence-corrected chi connectivity index (χ2v) is 7.34. The molecular weight excluding hydrogens is 403 g/mol. The van der Waals surface area contributed by atoms with Crippen LogP contribution >= 0.6 is 15.9 Å². The van der Waals surface area contributed by atoms with Crippen LogP contribution in [0.25, 0.3) is 0 Å². The summed E-state index contributed by atoms with van der Waals surface area (Å²) in [6.45, 7) is 0.847. The van der Waals surface area contributed by atoms with Crippen LogP contribution in [0.2, 0.25) is 0 Å². The maximum atomic E-state index is 14.1. The molecule has 0 aliphatic carbocycles. The van der Waals surface area contributed by atoms with Crippen LogP contribution < -0.4 is 14.8 Å². The second-order valence-electron chi connectivity index (χ2n) is 6.43. The number of carbonyl (C=O) groups excluding carboxylic acids is 1. The van der Waals surface area contributed by atoms with Crippen LogP contribution in [-0.2, 0) is 11.3 Å². The zero-order valence-electron chi connectivity index (χ0n) is 14.0. The molecule has 2 atom stereocenters. The number of amides is 1. The third kappa shape index (κ3) is 3.54. The number of halogens is 2. The van der Waals surface area contributed by atoms with E-state index in [4.69, 9.17) is 9.47 Å². The van der Waals surface area contributed by atoms with Crippen molar-refractivity contribution in [2.75, 3.05) is 18.7 Å². The number of benzene rings is 2. The number of carbonyl (C=O) groups is 1. The largest absolute Gasteiger partial charge is 0.454 e. The highest BCUT2D eigenvalue weighted by Gasteiger charge is 2.37. The van der Waals surface area contributed by atoms with E-state index in [-0.39, 0.29) is 25.7 Å². The van der Waals surface area contributed by atoms with Gasteiger partial charge in [-0.25, -0.2) is 4.39 Å². The average molecular weight is 421 g/mol. The number of nitrogens with one attached hydrogen (secondary N) is 1. The summed E-state index contributed by atoms with van der Waals surface area (Å²) in [5, 5.41) is 2.88. The molecular formula is C19H18BrFN2O3. The lowest BCUT2D eigenvalue weighted by atomic mass is 10.1. The Hall–Kier alpha value is -2.12. The predicted octanol–water partition coefficient (Wildman–Crippen LogP) is 3.73. The third-order valence-corrected chi connectivity index (χ3v) is 5.15. The summed E-state index contributed by atoms with van der Waals surface area (Å²) in [4.78, 5) is 14.5. The summed E-state index contributed by atoms with van der Waals surface area (Å²) >= 11 is 3.36. The molecule has 2 aromatic rings. The van der Waals surface area contributed by atoms with Crippen LogP contribution in [0, 0.1) is 0 Å². The van der Waals surface area contributed by atoms with Crippen molar-refractivity contribution in [2.24, 2.45) is 0 Å². The van der Waals surface area contributed by atoms with E-state index in [1.165, 1.54) is 0 Å². The van der Waals surface area contributed by atoms with Gasteiger partial charge in [0, 0.05) is 35.2 Å². The van der Waals surface area contributed by atoms with Crippen molar-refractivity contribution in [3.05, 3.63) is 52.5 Å². The molecule has 5 nitrogen and oxygen atoms in total. The van der Waals surface area contributed by atoms with Gasteiger partial charge in [-0.2, -0.15) is 0 Å². The molecule has 1 saturated heterocycles. The number of hydrogen-bond donors (Lipinski definition) is 1. The van der Waals surface area contributed by atoms with E-state index in [1.54, 1.807) is 0 Å². The molecule has 136 valence electrons. The fraction of sp³-hybridized carbons (Fsp3) is 0.316. The van der Waals surface area contributed by atoms with Crippen molar-refractivity contribution in [2.45, 2.75) is 25.2 Å². The van der Waals surface area contributed by atoms with Gasteiger partial charge in [0.1, 0.15) is 6.17 Å². The van der Waals surface area contributed by atoms with Crippen molar-refractivity contribution in [3.63, 3.8) is 0 Å². The summed E-state index contributed by atoms with van der Waals surface area (Å²) in [5.41, 5.74) is 1.59. The van der Waals surface area contributed by atoms with Gasteiger partial charge >= 0.3 is 0 Å². The Morgan fingerprint density at radius 3 is 2.85 bits per heavy atom. The standard InChI is InChI=1S/C19H18BrFN2O3/c20-13-4-6-15(7-5-13)22-19(24)16-8-14(21)10-23(16)9-12-2-1-3-17-18(12)26-11-25-17/h1-7,14,16H,8-11H2,(H,22,24)/t14-,16+/m0/s1. The van der Waals surface area contributed by atoms with Crippen LogP contribution in [0.4, 0.5) is 10.1 Å². The number of ether oxygens (including phenoxy) is 2. The Morgan fingerprint density at radius 2 is 2.04 bits per heavy atom. The van der Waals surface area contributed by atoms with Crippen molar-refractivity contribution in [1.29, 1.82) is 0 Å². The predicted molar refractivity (Wildman–Crippen MR) is 99.0 cm³/mol. The molecule has 2 heterocycles. The third-order valence-electron chi connectivity index (χ3n) is 4.62. The SMILES string of the molecule is O=C(Nc1ccc(Br)cc1)[C@H]1C[C@H](F)CN1Cc1cccc2c1OCO2. The molecule has 2 aromatic carbocycles. The summed E-state index contributed by atoms with van der Waals surface area (Å²) in [5.74, 6) is 1.17. The van der Waals surface area contributed by atoms with E-state index in [0.717, 1.165) is 10.0 Å². The molecule has 26 heavy (non-hydrogen) atoms. The number of hydrogen-bond acceptors (Lipinski definition) is 4. The van der Waals surface area contributed by atoms with Crippen LogP contribution in [0.3, 0.4) is 0 Å². The van der Waals surface area contributed by atoms with Gasteiger partial charge in [0.05, 0.1) is 6.04 Å². The molecule has 0 aromatic heterocycles. The molecule has 1 amide bonds. The lowest BCUT2D eigenvalue weighted by Crippen LogP contribution is -2.39. The van der Waals surface area contributed by atoms with Crippen LogP contribution in [0.5, 0.6) is 11.5 Å². The Balaban J connectivity index is 1.49. The van der Waals surface area contributed by atoms with E-state index in [0.29, 0.717) is 23.7 Å². The van der Waals surface area contributed by atoms with Gasteiger partial charge in [0.15, 0.2) is 11.5 Å². The van der Waals surface area contributed by atoms with E-state index in [2.05, 4.69) is 21.2 Å². The van der Waals surface area contributed by atoms with Gasteiger partial charge in [-0.1, -0.05) is 28.1 Å². The normalized spacial score (nSPS) is 21.8. The Morgan fingerprint density at radius 1 is 1.23 bits per heavy atom. The molecule has 0 saturated carbocycles. The minimum Gasteiger partial charge on any atom is -0.454 e. The molecule has 7 heteroatoms. The summed E-state index contributed by atoms with van der Waals surface area (Å²) in [6, 6.07) is 12.4. The first-order chi connectivity index (χ1) is 12.6. The van der Waals surface area contributed by atoms with Gasteiger partial charge in [-0.15, -0.1) is 0 Å². The Kier molecular flexibility index (Phi) is 4.82. The molecule has 0 radical (unpaired) electrons. The quantitative estimate of drug-likeness (QED) is 0.818. The molecule has 4 rings (SSSR count). The summed E-state index contributed by atoms with van der Waals surface area (Å²) in [7, 11) is 0. The monoisotopic (exact) mass is 420 g/mol. The van der Waals surface area contributed by atoms with Gasteiger partial charge in [0.2, 0.25) is 12.7 Å². The maximum absolute atomic E-state index is 14.1. The highest BCUT2D eigenvalue weighted by molar-refractivity contribution is 9.10. The van der Waals surface area contributed by atoms with Crippen LogP contribution in [0.15, 0.2) is 46.9 Å². The lowest BCUT2D eigenvalue weighted by Gasteiger charge is -2.23. The molecule has 1 fully saturated rings. The number of rotatable bonds is 4. The van der Waals surface area contributed by atoms with E-state index >= 15 is 0 Å². The number of anilines is 1. The first-order valence-corrected chi connectivity index (χ1v) is 9.21. The average Bonchev–Trinajstić information content (AvgIpc) is 3.24. The summed E-state index contributed by atoms with van der Waals surface area (Å²) < 4.78 is 25.9. The van der Waals surface area contributed by atoms with Crippen LogP contribution in [0.1, 0.15) is 12.0 Å². The zero-order chi connectivity index (χ0) is 18.1. The van der Waals surface area contributed by atoms with Crippen molar-refractivity contribution in [3.8, 4) is 11.5 Å². The molecule has 0 bridgehead atoms. The van der Waals surface area contributed by atoms with Crippen molar-refractivity contribution < 1.29 is 18.7 Å². The highest BCUT2D eigenvalue weighted by Crippen LogP contribution is 2.37. The minimum absolute atomic E-state index is 0.186. The first kappa shape index (κ1) is 17.3. The minimum atomic E-state index is -1.02. The van der Waals surface area contributed by atoms with E-state index in [1.807, 2.05) is 47.4 Å². The second kappa shape index (κ2) is 7.25. The topological polar surface area (TPSA) is 50.8 Å². The van der Waals surface area contributed by atoms with Gasteiger partial charge < -0.3 is 14.8 Å².